The summed E-state index contributed by atoms with van der Waals surface area (Å²) in [6.45, 7) is 0. The summed E-state index contributed by atoms with van der Waals surface area (Å²) in [5, 5.41) is 1.28. The van der Waals surface area contributed by atoms with Crippen molar-refractivity contribution < 1.29 is 9.53 Å². The van der Waals surface area contributed by atoms with Gasteiger partial charge in [-0.2, -0.15) is 0 Å². The first-order valence-electron chi connectivity index (χ1n) is 7.26. The van der Waals surface area contributed by atoms with E-state index in [1.807, 2.05) is 30.3 Å². The molecule has 3 nitrogen and oxygen atoms in total. The van der Waals surface area contributed by atoms with Gasteiger partial charge in [-0.3, -0.25) is 9.78 Å². The first-order chi connectivity index (χ1) is 10.2. The maximum Gasteiger partial charge on any atom is 0.145 e. The Balaban J connectivity index is 0.000000131. The Morgan fingerprint density at radius 2 is 2.05 bits per heavy atom. The molecule has 3 saturated carbocycles. The summed E-state index contributed by atoms with van der Waals surface area (Å²) in [6.07, 6.45) is 4.95. The number of rotatable bonds is 1. The van der Waals surface area contributed by atoms with Crippen molar-refractivity contribution >= 4 is 28.3 Å². The van der Waals surface area contributed by atoms with Crippen LogP contribution in [0.25, 0.3) is 10.9 Å². The number of ketones is 1. The average molecular weight is 304 g/mol. The molecule has 3 aliphatic rings. The number of methoxy groups -OCH3 is 1. The molecule has 4 heteroatoms. The number of ether oxygens (including phenoxy) is 1. The van der Waals surface area contributed by atoms with Gasteiger partial charge in [-0.05, 0) is 31.4 Å². The van der Waals surface area contributed by atoms with E-state index in [0.29, 0.717) is 11.7 Å². The molecule has 3 unspecified atom stereocenters. The number of pyridine rings is 1. The normalized spacial score (nSPS) is 26.6. The summed E-state index contributed by atoms with van der Waals surface area (Å²) in [4.78, 5) is 15.2. The Bertz CT molecular complexity index is 651. The highest BCUT2D eigenvalue weighted by Crippen LogP contribution is 2.44. The van der Waals surface area contributed by atoms with Gasteiger partial charge in [0.05, 0.1) is 7.11 Å². The molecule has 110 valence electrons. The van der Waals surface area contributed by atoms with Crippen LogP contribution in [0.15, 0.2) is 36.5 Å². The summed E-state index contributed by atoms with van der Waals surface area (Å²) in [5.41, 5.74) is 0.919. The standard InChI is InChI=1S/C10H9NO.C7H9ClO/c1-12-9-6-2-4-8-5-3-7-11-10(8)9;8-6-2-1-4-3-5(6)7(4)9/h2-7H,1H3;4-6H,1-3H2. The minimum Gasteiger partial charge on any atom is -0.494 e. The molecule has 0 amide bonds. The maximum absolute atomic E-state index is 11.0. The van der Waals surface area contributed by atoms with E-state index in [0.717, 1.165) is 35.9 Å². The van der Waals surface area contributed by atoms with E-state index >= 15 is 0 Å². The SMILES string of the molecule is COc1cccc2cccnc12.O=C1C2CCC(Cl)C1C2. The van der Waals surface area contributed by atoms with Crippen LogP contribution in [0, 0.1) is 11.8 Å². The third-order valence-corrected chi connectivity index (χ3v) is 4.87. The molecule has 3 fully saturated rings. The molecule has 0 spiro atoms. The molecule has 0 saturated heterocycles. The highest BCUT2D eigenvalue weighted by molar-refractivity contribution is 6.23. The molecular weight excluding hydrogens is 286 g/mol. The molecule has 3 aliphatic carbocycles. The molecule has 1 aromatic carbocycles. The first-order valence-corrected chi connectivity index (χ1v) is 7.70. The number of nitrogens with zero attached hydrogens (tertiary/aromatic N) is 1. The third kappa shape index (κ3) is 2.75. The van der Waals surface area contributed by atoms with Gasteiger partial charge in [0.1, 0.15) is 17.0 Å². The summed E-state index contributed by atoms with van der Waals surface area (Å²) < 4.78 is 5.16. The van der Waals surface area contributed by atoms with E-state index in [2.05, 4.69) is 4.98 Å². The number of hydrogen-bond acceptors (Lipinski definition) is 3. The van der Waals surface area contributed by atoms with Crippen molar-refractivity contribution in [1.29, 1.82) is 0 Å². The Morgan fingerprint density at radius 3 is 2.67 bits per heavy atom. The summed E-state index contributed by atoms with van der Waals surface area (Å²) in [7, 11) is 1.66. The van der Waals surface area contributed by atoms with Crippen molar-refractivity contribution in [3.05, 3.63) is 36.5 Å². The zero-order valence-electron chi connectivity index (χ0n) is 12.0. The van der Waals surface area contributed by atoms with Crippen molar-refractivity contribution in [1.82, 2.24) is 4.98 Å². The predicted octanol–water partition coefficient (Wildman–Crippen LogP) is 3.84. The Morgan fingerprint density at radius 1 is 1.24 bits per heavy atom. The van der Waals surface area contributed by atoms with Crippen LogP contribution in [0.3, 0.4) is 0 Å². The second-order valence-corrected chi connectivity index (χ2v) is 6.13. The number of benzene rings is 1. The summed E-state index contributed by atoms with van der Waals surface area (Å²) in [5.74, 6) is 1.91. The minimum absolute atomic E-state index is 0.169. The smallest absolute Gasteiger partial charge is 0.145 e. The molecule has 1 aromatic heterocycles. The molecule has 3 atom stereocenters. The topological polar surface area (TPSA) is 39.2 Å². The molecule has 0 radical (unpaired) electrons. The number of Topliss-reactive ketones (excluding diaryl/α,β-unsaturated/α-hetero) is 1. The highest BCUT2D eigenvalue weighted by atomic mass is 35.5. The van der Waals surface area contributed by atoms with Crippen LogP contribution in [0.5, 0.6) is 5.75 Å². The lowest BCUT2D eigenvalue weighted by molar-refractivity contribution is -0.139. The first kappa shape index (κ1) is 14.3. The Hall–Kier alpha value is -1.61. The van der Waals surface area contributed by atoms with Crippen molar-refractivity contribution in [3.63, 3.8) is 0 Å². The van der Waals surface area contributed by atoms with Crippen LogP contribution in [0.2, 0.25) is 0 Å². The van der Waals surface area contributed by atoms with Crippen molar-refractivity contribution in [2.75, 3.05) is 7.11 Å². The molecule has 2 bridgehead atoms. The van der Waals surface area contributed by atoms with Gasteiger partial charge in [0.25, 0.3) is 0 Å². The Labute approximate surface area is 129 Å². The number of hydrogen-bond donors (Lipinski definition) is 0. The largest absolute Gasteiger partial charge is 0.494 e. The van der Waals surface area contributed by atoms with Crippen molar-refractivity contribution in [3.8, 4) is 5.75 Å². The van der Waals surface area contributed by atoms with E-state index in [1.54, 1.807) is 13.3 Å². The summed E-state index contributed by atoms with van der Waals surface area (Å²) >= 11 is 5.88. The van der Waals surface area contributed by atoms with Crippen LogP contribution < -0.4 is 4.74 Å². The van der Waals surface area contributed by atoms with E-state index in [4.69, 9.17) is 16.3 Å². The fourth-order valence-electron chi connectivity index (χ4n) is 3.07. The Kier molecular flexibility index (Phi) is 4.11. The second-order valence-electron chi connectivity index (χ2n) is 5.57. The van der Waals surface area contributed by atoms with Crippen molar-refractivity contribution in [2.24, 2.45) is 11.8 Å². The zero-order chi connectivity index (χ0) is 14.8. The lowest BCUT2D eigenvalue weighted by Crippen LogP contribution is -2.47. The van der Waals surface area contributed by atoms with Gasteiger partial charge < -0.3 is 4.74 Å². The summed E-state index contributed by atoms with van der Waals surface area (Å²) in [6, 6.07) is 9.83. The molecule has 2 aromatic rings. The van der Waals surface area contributed by atoms with E-state index in [1.165, 1.54) is 0 Å². The molecule has 0 aliphatic heterocycles. The number of carbonyl (C=O) groups excluding carboxylic acids is 1. The van der Waals surface area contributed by atoms with Gasteiger partial charge in [-0.15, -0.1) is 11.6 Å². The van der Waals surface area contributed by atoms with Crippen molar-refractivity contribution in [2.45, 2.75) is 24.6 Å². The van der Waals surface area contributed by atoms with Crippen LogP contribution in [-0.4, -0.2) is 23.3 Å². The molecular formula is C17H18ClNO2. The molecule has 21 heavy (non-hydrogen) atoms. The molecule has 0 N–H and O–H groups in total. The van der Waals surface area contributed by atoms with Gasteiger partial charge >= 0.3 is 0 Å². The monoisotopic (exact) mass is 303 g/mol. The van der Waals surface area contributed by atoms with E-state index < -0.39 is 0 Å². The number of carbonyl (C=O) groups is 1. The maximum atomic E-state index is 11.0. The van der Waals surface area contributed by atoms with Gasteiger partial charge in [-0.1, -0.05) is 18.2 Å². The third-order valence-electron chi connectivity index (χ3n) is 4.35. The molecule has 5 rings (SSSR count). The number of para-hydroxylation sites is 1. The average Bonchev–Trinajstić information content (AvgIpc) is 2.54. The second kappa shape index (κ2) is 6.02. The van der Waals surface area contributed by atoms with Crippen LogP contribution in [0.1, 0.15) is 19.3 Å². The zero-order valence-corrected chi connectivity index (χ0v) is 12.7. The number of halogens is 1. The minimum atomic E-state index is 0.169. The molecule has 1 heterocycles. The van der Waals surface area contributed by atoms with Gasteiger partial charge in [0, 0.05) is 28.8 Å². The van der Waals surface area contributed by atoms with Gasteiger partial charge in [0.15, 0.2) is 0 Å². The van der Waals surface area contributed by atoms with Crippen LogP contribution in [-0.2, 0) is 4.79 Å². The fourth-order valence-corrected chi connectivity index (χ4v) is 3.42. The highest BCUT2D eigenvalue weighted by Gasteiger charge is 2.47. The quantitative estimate of drug-likeness (QED) is 0.751. The lowest BCUT2D eigenvalue weighted by atomic mass is 9.64. The van der Waals surface area contributed by atoms with Crippen LogP contribution in [0.4, 0.5) is 0 Å². The lowest BCUT2D eigenvalue weighted by Gasteiger charge is -2.42. The number of fused-ring (bicyclic) bond motifs is 3. The number of aromatic nitrogens is 1. The van der Waals surface area contributed by atoms with Gasteiger partial charge in [-0.25, -0.2) is 0 Å². The fraction of sp³-hybridized carbons (Fsp3) is 0.412. The van der Waals surface area contributed by atoms with Gasteiger partial charge in [0.2, 0.25) is 0 Å². The van der Waals surface area contributed by atoms with E-state index in [-0.39, 0.29) is 11.3 Å². The number of alkyl halides is 1. The van der Waals surface area contributed by atoms with Crippen LogP contribution >= 0.6 is 11.6 Å². The van der Waals surface area contributed by atoms with E-state index in [9.17, 15) is 4.79 Å². The predicted molar refractivity (Wildman–Crippen MR) is 83.8 cm³/mol.